The molecule has 0 aliphatic heterocycles. The van der Waals surface area contributed by atoms with E-state index in [4.69, 9.17) is 0 Å². The van der Waals surface area contributed by atoms with Gasteiger partial charge in [0.1, 0.15) is 5.69 Å². The van der Waals surface area contributed by atoms with E-state index in [-0.39, 0.29) is 10.8 Å². The van der Waals surface area contributed by atoms with Crippen molar-refractivity contribution in [2.45, 2.75) is 58.9 Å². The second kappa shape index (κ2) is 7.58. The first-order valence-corrected chi connectivity index (χ1v) is 11.6. The Labute approximate surface area is 195 Å². The highest BCUT2D eigenvalue weighted by Crippen LogP contribution is 2.38. The lowest BCUT2D eigenvalue weighted by molar-refractivity contribution is 0.590. The Hall–Kier alpha value is -3.40. The zero-order chi connectivity index (χ0) is 23.4. The average molecular weight is 437 g/mol. The summed E-state index contributed by atoms with van der Waals surface area (Å²) in [4.78, 5) is 3.68. The lowest BCUT2D eigenvalue weighted by Gasteiger charge is -2.20. The fourth-order valence-corrected chi connectivity index (χ4v) is 4.37. The zero-order valence-electron chi connectivity index (χ0n) is 20.4. The first-order valence-electron chi connectivity index (χ1n) is 11.6. The molecule has 5 rings (SSSR count). The molecule has 0 spiro atoms. The van der Waals surface area contributed by atoms with Crippen LogP contribution in [0.4, 0.5) is 0 Å². The molecule has 4 heteroatoms. The van der Waals surface area contributed by atoms with Gasteiger partial charge in [-0.2, -0.15) is 0 Å². The standard InChI is InChI=1S/C29H32N4/c1-28(2,3)20-12-13-25-22(14-20)23-15-21(29(4,5)6)16-24(27(23)30-25)26-18-33(32-31-26)17-19-10-8-7-9-11-19/h7-16,18,30H,17H2,1-6H3. The maximum Gasteiger partial charge on any atom is 0.115 e. The van der Waals surface area contributed by atoms with Crippen molar-refractivity contribution >= 4 is 21.8 Å². The molecule has 3 aromatic carbocycles. The maximum atomic E-state index is 4.58. The van der Waals surface area contributed by atoms with Gasteiger partial charge in [-0.05, 0) is 51.8 Å². The Morgan fingerprint density at radius 1 is 0.788 bits per heavy atom. The van der Waals surface area contributed by atoms with Crippen molar-refractivity contribution in [3.8, 4) is 11.3 Å². The molecule has 0 aliphatic rings. The summed E-state index contributed by atoms with van der Waals surface area (Å²) in [6, 6.07) is 21.8. The normalized spacial score (nSPS) is 12.7. The van der Waals surface area contributed by atoms with E-state index < -0.39 is 0 Å². The molecule has 2 aromatic heterocycles. The number of hydrogen-bond donors (Lipinski definition) is 1. The maximum absolute atomic E-state index is 4.58. The van der Waals surface area contributed by atoms with E-state index in [1.54, 1.807) is 0 Å². The highest BCUT2D eigenvalue weighted by molar-refractivity contribution is 6.12. The minimum Gasteiger partial charge on any atom is -0.354 e. The number of nitrogens with zero attached hydrogens (tertiary/aromatic N) is 3. The Morgan fingerprint density at radius 3 is 2.18 bits per heavy atom. The number of aromatic amines is 1. The van der Waals surface area contributed by atoms with E-state index in [2.05, 4.69) is 118 Å². The second-order valence-corrected chi connectivity index (χ2v) is 11.1. The van der Waals surface area contributed by atoms with Gasteiger partial charge in [0.05, 0.1) is 18.3 Å². The largest absolute Gasteiger partial charge is 0.354 e. The topological polar surface area (TPSA) is 46.5 Å². The van der Waals surface area contributed by atoms with E-state index in [0.29, 0.717) is 6.54 Å². The van der Waals surface area contributed by atoms with Crippen molar-refractivity contribution in [1.82, 2.24) is 20.0 Å². The summed E-state index contributed by atoms with van der Waals surface area (Å²) in [5.74, 6) is 0. The second-order valence-electron chi connectivity index (χ2n) is 11.1. The summed E-state index contributed by atoms with van der Waals surface area (Å²) >= 11 is 0. The van der Waals surface area contributed by atoms with Crippen molar-refractivity contribution in [3.05, 3.63) is 83.6 Å². The van der Waals surface area contributed by atoms with E-state index in [1.165, 1.54) is 27.5 Å². The summed E-state index contributed by atoms with van der Waals surface area (Å²) in [6.07, 6.45) is 2.06. The van der Waals surface area contributed by atoms with Crippen molar-refractivity contribution in [1.29, 1.82) is 0 Å². The van der Waals surface area contributed by atoms with Crippen LogP contribution >= 0.6 is 0 Å². The number of nitrogens with one attached hydrogen (secondary N) is 1. The number of H-pyrrole nitrogens is 1. The molecule has 5 aromatic rings. The van der Waals surface area contributed by atoms with Crippen LogP contribution in [0, 0.1) is 0 Å². The zero-order valence-corrected chi connectivity index (χ0v) is 20.4. The molecule has 33 heavy (non-hydrogen) atoms. The highest BCUT2D eigenvalue weighted by atomic mass is 15.4. The van der Waals surface area contributed by atoms with Crippen molar-refractivity contribution in [2.75, 3.05) is 0 Å². The molecule has 0 fully saturated rings. The molecule has 4 nitrogen and oxygen atoms in total. The molecular formula is C29H32N4. The predicted octanol–water partition coefficient (Wildman–Crippen LogP) is 7.22. The Balaban J connectivity index is 1.70. The number of benzene rings is 3. The van der Waals surface area contributed by atoms with Crippen LogP contribution < -0.4 is 0 Å². The van der Waals surface area contributed by atoms with E-state index in [9.17, 15) is 0 Å². The molecule has 0 saturated carbocycles. The SMILES string of the molecule is CC(C)(C)c1ccc2[nH]c3c(-c4cn(Cc5ccccc5)nn4)cc(C(C)(C)C)cc3c2c1. The van der Waals surface area contributed by atoms with E-state index in [1.807, 2.05) is 10.7 Å². The lowest BCUT2D eigenvalue weighted by Crippen LogP contribution is -2.11. The summed E-state index contributed by atoms with van der Waals surface area (Å²) in [6.45, 7) is 14.3. The van der Waals surface area contributed by atoms with Crippen LogP contribution in [-0.2, 0) is 17.4 Å². The predicted molar refractivity (Wildman–Crippen MR) is 138 cm³/mol. The molecule has 0 saturated heterocycles. The van der Waals surface area contributed by atoms with Crippen LogP contribution in [0.15, 0.2) is 66.9 Å². The van der Waals surface area contributed by atoms with Crippen molar-refractivity contribution in [2.24, 2.45) is 0 Å². The van der Waals surface area contributed by atoms with Gasteiger partial charge in [-0.25, -0.2) is 4.68 Å². The third-order valence-corrected chi connectivity index (χ3v) is 6.44. The molecule has 0 radical (unpaired) electrons. The van der Waals surface area contributed by atoms with Crippen LogP contribution in [0.5, 0.6) is 0 Å². The van der Waals surface area contributed by atoms with Gasteiger partial charge in [0, 0.05) is 21.9 Å². The van der Waals surface area contributed by atoms with Gasteiger partial charge in [-0.15, -0.1) is 5.10 Å². The molecular weight excluding hydrogens is 404 g/mol. The first-order chi connectivity index (χ1) is 15.6. The fourth-order valence-electron chi connectivity index (χ4n) is 4.37. The number of aromatic nitrogens is 4. The highest BCUT2D eigenvalue weighted by Gasteiger charge is 2.21. The van der Waals surface area contributed by atoms with E-state index >= 15 is 0 Å². The monoisotopic (exact) mass is 436 g/mol. The molecule has 1 N–H and O–H groups in total. The molecule has 0 aliphatic carbocycles. The molecule has 0 amide bonds. The van der Waals surface area contributed by atoms with Crippen LogP contribution in [0.2, 0.25) is 0 Å². The third kappa shape index (κ3) is 4.06. The van der Waals surface area contributed by atoms with Crippen molar-refractivity contribution < 1.29 is 0 Å². The summed E-state index contributed by atoms with van der Waals surface area (Å²) in [5.41, 5.74) is 8.24. The van der Waals surface area contributed by atoms with E-state index in [0.717, 1.165) is 22.3 Å². The summed E-state index contributed by atoms with van der Waals surface area (Å²) in [7, 11) is 0. The average Bonchev–Trinajstić information content (AvgIpc) is 3.36. The van der Waals surface area contributed by atoms with Crippen LogP contribution in [0.25, 0.3) is 33.1 Å². The van der Waals surface area contributed by atoms with Crippen LogP contribution in [-0.4, -0.2) is 20.0 Å². The number of fused-ring (bicyclic) bond motifs is 3. The fraction of sp³-hybridized carbons (Fsp3) is 0.310. The van der Waals surface area contributed by atoms with Crippen LogP contribution in [0.3, 0.4) is 0 Å². The van der Waals surface area contributed by atoms with Gasteiger partial charge >= 0.3 is 0 Å². The first kappa shape index (κ1) is 21.4. The third-order valence-electron chi connectivity index (χ3n) is 6.44. The van der Waals surface area contributed by atoms with Gasteiger partial charge in [0.2, 0.25) is 0 Å². The molecule has 0 atom stereocenters. The van der Waals surface area contributed by atoms with Gasteiger partial charge in [0.15, 0.2) is 0 Å². The Bertz CT molecular complexity index is 1440. The summed E-state index contributed by atoms with van der Waals surface area (Å²) < 4.78 is 1.92. The molecule has 2 heterocycles. The number of rotatable bonds is 3. The minimum atomic E-state index is 0.0220. The summed E-state index contributed by atoms with van der Waals surface area (Å²) in [5, 5.41) is 11.5. The lowest BCUT2D eigenvalue weighted by atomic mass is 9.84. The minimum absolute atomic E-state index is 0.0220. The van der Waals surface area contributed by atoms with Gasteiger partial charge in [-0.1, -0.05) is 83.2 Å². The quantitative estimate of drug-likeness (QED) is 0.324. The molecule has 0 bridgehead atoms. The van der Waals surface area contributed by atoms with Crippen LogP contribution in [0.1, 0.15) is 58.2 Å². The van der Waals surface area contributed by atoms with Gasteiger partial charge < -0.3 is 4.98 Å². The van der Waals surface area contributed by atoms with Gasteiger partial charge in [-0.3, -0.25) is 0 Å². The molecule has 0 unspecified atom stereocenters. The molecule has 168 valence electrons. The van der Waals surface area contributed by atoms with Gasteiger partial charge in [0.25, 0.3) is 0 Å². The smallest absolute Gasteiger partial charge is 0.115 e. The van der Waals surface area contributed by atoms with Crippen molar-refractivity contribution in [3.63, 3.8) is 0 Å². The Morgan fingerprint density at radius 2 is 1.48 bits per heavy atom. The Kier molecular flexibility index (Phi) is 4.93. The number of hydrogen-bond acceptors (Lipinski definition) is 2.